The molecule has 0 saturated heterocycles. The van der Waals surface area contributed by atoms with Crippen molar-refractivity contribution < 1.29 is 19.5 Å². The van der Waals surface area contributed by atoms with Gasteiger partial charge in [-0.3, -0.25) is 4.57 Å². The highest BCUT2D eigenvalue weighted by atomic mass is 31.2. The molecule has 10 heavy (non-hydrogen) atoms. The molecule has 1 rings (SSSR count). The molecule has 5 N–H and O–H groups in total. The van der Waals surface area contributed by atoms with Crippen molar-refractivity contribution in [2.24, 2.45) is 11.7 Å². The van der Waals surface area contributed by atoms with E-state index in [1.54, 1.807) is 0 Å². The Hall–Kier alpha value is 0.0700. The Morgan fingerprint density at radius 1 is 1.70 bits per heavy atom. The second-order valence-electron chi connectivity index (χ2n) is 2.62. The van der Waals surface area contributed by atoms with Gasteiger partial charge in [0.2, 0.25) is 0 Å². The molecule has 1 saturated carbocycles. The number of hydrogen-bond donors (Lipinski definition) is 4. The van der Waals surface area contributed by atoms with Crippen molar-refractivity contribution in [2.45, 2.75) is 11.7 Å². The van der Waals surface area contributed by atoms with E-state index in [9.17, 15) is 4.57 Å². The molecular weight excluding hydrogens is 157 g/mol. The van der Waals surface area contributed by atoms with Crippen molar-refractivity contribution in [1.29, 1.82) is 0 Å². The first kappa shape index (κ1) is 8.17. The van der Waals surface area contributed by atoms with E-state index >= 15 is 0 Å². The van der Waals surface area contributed by atoms with Crippen LogP contribution in [0.25, 0.3) is 0 Å². The molecule has 5 nitrogen and oxygen atoms in total. The fraction of sp³-hybridized carbons (Fsp3) is 1.00. The van der Waals surface area contributed by atoms with Crippen molar-refractivity contribution in [3.63, 3.8) is 0 Å². The van der Waals surface area contributed by atoms with E-state index in [4.69, 9.17) is 20.6 Å². The molecule has 0 heterocycles. The monoisotopic (exact) mass is 167 g/mol. The van der Waals surface area contributed by atoms with Gasteiger partial charge in [0, 0.05) is 12.5 Å². The van der Waals surface area contributed by atoms with E-state index in [-0.39, 0.29) is 13.0 Å². The molecule has 0 radical (unpaired) electrons. The quantitative estimate of drug-likeness (QED) is 0.388. The number of aliphatic hydroxyl groups excluding tert-OH is 1. The Bertz CT molecular complexity index is 190. The number of rotatable bonds is 2. The van der Waals surface area contributed by atoms with Gasteiger partial charge in [-0.1, -0.05) is 0 Å². The Kier molecular flexibility index (Phi) is 1.66. The van der Waals surface area contributed by atoms with Crippen LogP contribution in [0.15, 0.2) is 0 Å². The lowest BCUT2D eigenvalue weighted by atomic mass is 10.4. The zero-order chi connectivity index (χ0) is 7.99. The minimum absolute atomic E-state index is 0.216. The van der Waals surface area contributed by atoms with Crippen molar-refractivity contribution in [3.05, 3.63) is 0 Å². The van der Waals surface area contributed by atoms with E-state index < -0.39 is 18.8 Å². The number of nitrogens with two attached hydrogens (primary N) is 1. The first-order valence-corrected chi connectivity index (χ1v) is 4.48. The van der Waals surface area contributed by atoms with E-state index in [1.165, 1.54) is 0 Å². The fourth-order valence-corrected chi connectivity index (χ4v) is 1.93. The highest BCUT2D eigenvalue weighted by molar-refractivity contribution is 7.54. The maximum absolute atomic E-state index is 10.5. The molecule has 2 atom stereocenters. The Morgan fingerprint density at radius 2 is 2.20 bits per heavy atom. The number of aliphatic hydroxyl groups is 1. The summed E-state index contributed by atoms with van der Waals surface area (Å²) in [5.74, 6) is -0.423. The molecule has 1 aliphatic rings. The van der Waals surface area contributed by atoms with Gasteiger partial charge < -0.3 is 20.6 Å². The third kappa shape index (κ3) is 1.00. The predicted molar refractivity (Wildman–Crippen MR) is 34.2 cm³/mol. The molecule has 0 aromatic rings. The molecule has 0 spiro atoms. The Morgan fingerprint density at radius 3 is 2.30 bits per heavy atom. The van der Waals surface area contributed by atoms with Gasteiger partial charge in [-0.2, -0.15) is 0 Å². The van der Waals surface area contributed by atoms with Gasteiger partial charge in [-0.15, -0.1) is 0 Å². The molecule has 0 aromatic carbocycles. The highest BCUT2D eigenvalue weighted by Gasteiger charge is 2.62. The third-order valence-electron chi connectivity index (χ3n) is 1.88. The summed E-state index contributed by atoms with van der Waals surface area (Å²) >= 11 is 0. The van der Waals surface area contributed by atoms with Gasteiger partial charge >= 0.3 is 7.60 Å². The maximum Gasteiger partial charge on any atom is 0.345 e. The highest BCUT2D eigenvalue weighted by Crippen LogP contribution is 2.64. The largest absolute Gasteiger partial charge is 0.396 e. The molecule has 0 bridgehead atoms. The second-order valence-corrected chi connectivity index (χ2v) is 4.54. The van der Waals surface area contributed by atoms with Crippen molar-refractivity contribution in [3.8, 4) is 0 Å². The molecule has 6 heteroatoms. The van der Waals surface area contributed by atoms with Gasteiger partial charge in [-0.25, -0.2) is 0 Å². The van der Waals surface area contributed by atoms with Crippen LogP contribution in [-0.2, 0) is 4.57 Å². The lowest BCUT2D eigenvalue weighted by molar-refractivity contribution is 0.263. The summed E-state index contributed by atoms with van der Waals surface area (Å²) < 4.78 is 10.5. The molecule has 0 amide bonds. The molecule has 0 aliphatic heterocycles. The second kappa shape index (κ2) is 2.03. The van der Waals surface area contributed by atoms with Crippen molar-refractivity contribution in [1.82, 2.24) is 0 Å². The third-order valence-corrected chi connectivity index (χ3v) is 3.52. The van der Waals surface area contributed by atoms with E-state index in [2.05, 4.69) is 0 Å². The fourth-order valence-electron chi connectivity index (χ4n) is 0.915. The van der Waals surface area contributed by atoms with Gasteiger partial charge in [0.15, 0.2) is 0 Å². The summed E-state index contributed by atoms with van der Waals surface area (Å²) in [5.41, 5.74) is 5.26. The zero-order valence-electron chi connectivity index (χ0n) is 5.27. The number of hydrogen-bond acceptors (Lipinski definition) is 3. The summed E-state index contributed by atoms with van der Waals surface area (Å²) in [6.07, 6.45) is 0.216. The SMILES string of the molecule is N[C@]1(P(=O)(O)O)C[C@@H]1CO. The van der Waals surface area contributed by atoms with Crippen LogP contribution < -0.4 is 5.73 Å². The topological polar surface area (TPSA) is 104 Å². The lowest BCUT2D eigenvalue weighted by Crippen LogP contribution is -2.25. The minimum atomic E-state index is -4.19. The summed E-state index contributed by atoms with van der Waals surface area (Å²) in [5, 5.41) is 7.05. The predicted octanol–water partition coefficient (Wildman–Crippen LogP) is -1.17. The van der Waals surface area contributed by atoms with Crippen LogP contribution in [-0.4, -0.2) is 26.8 Å². The van der Waals surface area contributed by atoms with Crippen LogP contribution in [0.2, 0.25) is 0 Å². The molecule has 0 unspecified atom stereocenters. The molecular formula is C4H10NO4P. The summed E-state index contributed by atoms with van der Waals surface area (Å²) in [4.78, 5) is 17.2. The van der Waals surface area contributed by atoms with Crippen molar-refractivity contribution >= 4 is 7.60 Å². The molecule has 60 valence electrons. The molecule has 0 aromatic heterocycles. The molecule has 1 fully saturated rings. The van der Waals surface area contributed by atoms with Crippen LogP contribution in [0, 0.1) is 5.92 Å². The van der Waals surface area contributed by atoms with Crippen LogP contribution in [0.1, 0.15) is 6.42 Å². The lowest BCUT2D eigenvalue weighted by Gasteiger charge is -2.11. The van der Waals surface area contributed by atoms with Crippen LogP contribution in [0.3, 0.4) is 0 Å². The first-order chi connectivity index (χ1) is 4.42. The van der Waals surface area contributed by atoms with Gasteiger partial charge in [0.05, 0.1) is 0 Å². The standard InChI is InChI=1S/C4H10NO4P/c5-4(10(7,8)9)1-3(4)2-6/h3,6H,1-2,5H2,(H2,7,8,9)/t3-,4+/m1/s1. The average molecular weight is 167 g/mol. The summed E-state index contributed by atoms with van der Waals surface area (Å²) in [6.45, 7) is -0.248. The summed E-state index contributed by atoms with van der Waals surface area (Å²) in [7, 11) is -4.19. The van der Waals surface area contributed by atoms with Crippen LogP contribution in [0.4, 0.5) is 0 Å². The van der Waals surface area contributed by atoms with Gasteiger partial charge in [0.25, 0.3) is 0 Å². The van der Waals surface area contributed by atoms with E-state index in [1.807, 2.05) is 0 Å². The van der Waals surface area contributed by atoms with Crippen LogP contribution >= 0.6 is 7.60 Å². The maximum atomic E-state index is 10.5. The summed E-state index contributed by atoms with van der Waals surface area (Å²) in [6, 6.07) is 0. The molecule has 1 aliphatic carbocycles. The normalized spacial score (nSPS) is 39.8. The first-order valence-electron chi connectivity index (χ1n) is 2.87. The van der Waals surface area contributed by atoms with Gasteiger partial charge in [-0.05, 0) is 6.42 Å². The smallest absolute Gasteiger partial charge is 0.345 e. The zero-order valence-corrected chi connectivity index (χ0v) is 6.16. The van der Waals surface area contributed by atoms with Crippen LogP contribution in [0.5, 0.6) is 0 Å². The Labute approximate surface area is 58.0 Å². The van der Waals surface area contributed by atoms with E-state index in [0.717, 1.165) is 0 Å². The Balaban J connectivity index is 2.68. The van der Waals surface area contributed by atoms with Crippen molar-refractivity contribution in [2.75, 3.05) is 6.61 Å². The average Bonchev–Trinajstić information content (AvgIpc) is 2.41. The minimum Gasteiger partial charge on any atom is -0.396 e. The van der Waals surface area contributed by atoms with E-state index in [0.29, 0.717) is 0 Å². The van der Waals surface area contributed by atoms with Gasteiger partial charge in [0.1, 0.15) is 5.28 Å².